The number of carbonyl (C=O) groups excluding carboxylic acids is 2. The summed E-state index contributed by atoms with van der Waals surface area (Å²) in [5.41, 5.74) is 1.26. The lowest BCUT2D eigenvalue weighted by atomic mass is 10.1. The molecule has 0 amide bonds. The van der Waals surface area contributed by atoms with Gasteiger partial charge in [-0.05, 0) is 65.7 Å². The van der Waals surface area contributed by atoms with Crippen molar-refractivity contribution in [1.82, 2.24) is 0 Å². The Morgan fingerprint density at radius 2 is 1.97 bits per heavy atom. The fraction of sp³-hybridized carbons (Fsp3) is 0.227. The molecule has 162 valence electrons. The van der Waals surface area contributed by atoms with Crippen molar-refractivity contribution in [3.05, 3.63) is 62.7 Å². The number of hydrogen-bond donors (Lipinski definition) is 0. The first kappa shape index (κ1) is 22.8. The summed E-state index contributed by atoms with van der Waals surface area (Å²) in [6, 6.07) is 10.4. The van der Waals surface area contributed by atoms with E-state index in [4.69, 9.17) is 30.5 Å². The van der Waals surface area contributed by atoms with Gasteiger partial charge in [0, 0.05) is 0 Å². The Kier molecular flexibility index (Phi) is 7.70. The standard InChI is InChI=1S/C22H19BrClNO6/c1-3-28-18-11-13(9-15(23)20(18)30-12-19(26)29-4-2)10-17-22(27)31-21(25-17)14-7-5-6-8-16(14)24/h5-11H,3-4,12H2,1-2H3/b17-10-. The van der Waals surface area contributed by atoms with E-state index in [0.717, 1.165) is 0 Å². The van der Waals surface area contributed by atoms with Crippen LogP contribution >= 0.6 is 27.5 Å². The van der Waals surface area contributed by atoms with Crippen LogP contribution in [0, 0.1) is 0 Å². The van der Waals surface area contributed by atoms with E-state index in [1.807, 2.05) is 6.92 Å². The molecule has 0 atom stereocenters. The molecule has 1 aliphatic heterocycles. The third-order valence-electron chi connectivity index (χ3n) is 4.00. The van der Waals surface area contributed by atoms with Gasteiger partial charge in [0.1, 0.15) is 0 Å². The molecule has 0 unspecified atom stereocenters. The molecular weight excluding hydrogens is 490 g/mol. The van der Waals surface area contributed by atoms with Crippen molar-refractivity contribution in [2.75, 3.05) is 19.8 Å². The summed E-state index contributed by atoms with van der Waals surface area (Å²) in [5.74, 6) is -0.189. The Balaban J connectivity index is 1.90. The normalized spacial score (nSPS) is 14.3. The molecule has 3 rings (SSSR count). The van der Waals surface area contributed by atoms with E-state index in [0.29, 0.717) is 38.7 Å². The van der Waals surface area contributed by atoms with Crippen molar-refractivity contribution < 1.29 is 28.5 Å². The van der Waals surface area contributed by atoms with Gasteiger partial charge in [0.25, 0.3) is 0 Å². The Morgan fingerprint density at radius 1 is 1.19 bits per heavy atom. The molecule has 0 N–H and O–H groups in total. The minimum Gasteiger partial charge on any atom is -0.490 e. The number of halogens is 2. The second-order valence-electron chi connectivity index (χ2n) is 6.17. The topological polar surface area (TPSA) is 83.4 Å². The lowest BCUT2D eigenvalue weighted by Crippen LogP contribution is -2.15. The maximum atomic E-state index is 12.3. The Labute approximate surface area is 192 Å². The zero-order valence-electron chi connectivity index (χ0n) is 16.8. The average Bonchev–Trinajstić information content (AvgIpc) is 3.08. The van der Waals surface area contributed by atoms with Gasteiger partial charge >= 0.3 is 11.9 Å². The van der Waals surface area contributed by atoms with Gasteiger partial charge in [-0.15, -0.1) is 0 Å². The highest BCUT2D eigenvalue weighted by atomic mass is 79.9. The monoisotopic (exact) mass is 507 g/mol. The lowest BCUT2D eigenvalue weighted by molar-refractivity contribution is -0.145. The highest BCUT2D eigenvalue weighted by Gasteiger charge is 2.26. The third-order valence-corrected chi connectivity index (χ3v) is 4.92. The average molecular weight is 509 g/mol. The van der Waals surface area contributed by atoms with E-state index in [1.165, 1.54) is 0 Å². The van der Waals surface area contributed by atoms with E-state index >= 15 is 0 Å². The summed E-state index contributed by atoms with van der Waals surface area (Å²) in [6.07, 6.45) is 1.56. The second-order valence-corrected chi connectivity index (χ2v) is 7.43. The van der Waals surface area contributed by atoms with E-state index < -0.39 is 11.9 Å². The second kappa shape index (κ2) is 10.5. The number of hydrogen-bond acceptors (Lipinski definition) is 7. The minimum atomic E-state index is -0.591. The molecular formula is C22H19BrClNO6. The number of carbonyl (C=O) groups is 2. The van der Waals surface area contributed by atoms with E-state index in [9.17, 15) is 9.59 Å². The summed E-state index contributed by atoms with van der Waals surface area (Å²) in [7, 11) is 0. The third kappa shape index (κ3) is 5.65. The fourth-order valence-corrected chi connectivity index (χ4v) is 3.52. The molecule has 0 aromatic heterocycles. The Morgan fingerprint density at radius 3 is 2.68 bits per heavy atom. The number of benzene rings is 2. The van der Waals surface area contributed by atoms with Gasteiger partial charge in [-0.1, -0.05) is 23.7 Å². The van der Waals surface area contributed by atoms with Crippen LogP contribution < -0.4 is 9.47 Å². The Bertz CT molecular complexity index is 1070. The molecule has 1 aliphatic rings. The summed E-state index contributed by atoms with van der Waals surface area (Å²) in [5, 5.41) is 0.430. The highest BCUT2D eigenvalue weighted by Crippen LogP contribution is 2.38. The number of rotatable bonds is 8. The molecule has 0 spiro atoms. The molecule has 0 saturated carbocycles. The van der Waals surface area contributed by atoms with Crippen LogP contribution in [0.1, 0.15) is 25.0 Å². The smallest absolute Gasteiger partial charge is 0.363 e. The minimum absolute atomic E-state index is 0.115. The van der Waals surface area contributed by atoms with E-state index in [-0.39, 0.29) is 24.8 Å². The van der Waals surface area contributed by atoms with Crippen LogP contribution in [0.2, 0.25) is 5.02 Å². The number of nitrogens with zero attached hydrogens (tertiary/aromatic N) is 1. The summed E-state index contributed by atoms with van der Waals surface area (Å²) in [4.78, 5) is 28.2. The van der Waals surface area contributed by atoms with Crippen molar-refractivity contribution in [3.63, 3.8) is 0 Å². The number of aliphatic imine (C=N–C) groups is 1. The van der Waals surface area contributed by atoms with E-state index in [2.05, 4.69) is 20.9 Å². The molecule has 0 bridgehead atoms. The van der Waals surface area contributed by atoms with Crippen molar-refractivity contribution >= 4 is 51.4 Å². The molecule has 2 aromatic carbocycles. The van der Waals surface area contributed by atoms with Crippen LogP contribution in [0.15, 0.2) is 51.6 Å². The first-order valence-electron chi connectivity index (χ1n) is 9.45. The summed E-state index contributed by atoms with van der Waals surface area (Å²) >= 11 is 9.59. The number of ether oxygens (including phenoxy) is 4. The number of esters is 2. The van der Waals surface area contributed by atoms with Gasteiger partial charge < -0.3 is 18.9 Å². The molecule has 0 fully saturated rings. The van der Waals surface area contributed by atoms with Crippen LogP contribution in [-0.2, 0) is 19.1 Å². The zero-order valence-corrected chi connectivity index (χ0v) is 19.2. The molecule has 0 radical (unpaired) electrons. The van der Waals surface area contributed by atoms with Crippen LogP contribution in [-0.4, -0.2) is 37.7 Å². The van der Waals surface area contributed by atoms with Gasteiger partial charge in [0.15, 0.2) is 23.8 Å². The van der Waals surface area contributed by atoms with Gasteiger partial charge in [0.05, 0.1) is 28.3 Å². The van der Waals surface area contributed by atoms with Crippen LogP contribution in [0.4, 0.5) is 0 Å². The zero-order chi connectivity index (χ0) is 22.4. The maximum absolute atomic E-state index is 12.3. The van der Waals surface area contributed by atoms with Gasteiger partial charge in [0.2, 0.25) is 5.90 Å². The Hall–Kier alpha value is -2.84. The van der Waals surface area contributed by atoms with Crippen LogP contribution in [0.5, 0.6) is 11.5 Å². The largest absolute Gasteiger partial charge is 0.490 e. The van der Waals surface area contributed by atoms with Crippen molar-refractivity contribution in [2.24, 2.45) is 4.99 Å². The van der Waals surface area contributed by atoms with Gasteiger partial charge in [-0.3, -0.25) is 0 Å². The molecule has 0 aliphatic carbocycles. The molecule has 31 heavy (non-hydrogen) atoms. The molecule has 9 heteroatoms. The molecule has 7 nitrogen and oxygen atoms in total. The summed E-state index contributed by atoms with van der Waals surface area (Å²) in [6.45, 7) is 3.92. The lowest BCUT2D eigenvalue weighted by Gasteiger charge is -2.14. The fourth-order valence-electron chi connectivity index (χ4n) is 2.72. The van der Waals surface area contributed by atoms with Crippen molar-refractivity contribution in [1.29, 1.82) is 0 Å². The molecule has 0 saturated heterocycles. The van der Waals surface area contributed by atoms with Gasteiger partial charge in [-0.25, -0.2) is 14.6 Å². The maximum Gasteiger partial charge on any atom is 0.363 e. The van der Waals surface area contributed by atoms with Crippen molar-refractivity contribution in [2.45, 2.75) is 13.8 Å². The van der Waals surface area contributed by atoms with Crippen LogP contribution in [0.3, 0.4) is 0 Å². The van der Waals surface area contributed by atoms with E-state index in [1.54, 1.807) is 49.4 Å². The predicted molar refractivity (Wildman–Crippen MR) is 119 cm³/mol. The highest BCUT2D eigenvalue weighted by molar-refractivity contribution is 9.10. The first-order valence-corrected chi connectivity index (χ1v) is 10.6. The summed E-state index contributed by atoms with van der Waals surface area (Å²) < 4.78 is 21.9. The van der Waals surface area contributed by atoms with Crippen LogP contribution in [0.25, 0.3) is 6.08 Å². The van der Waals surface area contributed by atoms with Gasteiger partial charge in [-0.2, -0.15) is 0 Å². The SMILES string of the molecule is CCOC(=O)COc1c(Br)cc(/C=C2\N=C(c3ccccc3Cl)OC2=O)cc1OCC. The molecule has 2 aromatic rings. The predicted octanol–water partition coefficient (Wildman–Crippen LogP) is 4.79. The quantitative estimate of drug-likeness (QED) is 0.377. The number of cyclic esters (lactones) is 1. The van der Waals surface area contributed by atoms with Crippen molar-refractivity contribution in [3.8, 4) is 11.5 Å². The first-order chi connectivity index (χ1) is 14.9. The molecule has 1 heterocycles.